The summed E-state index contributed by atoms with van der Waals surface area (Å²) in [6, 6.07) is 3.73. The summed E-state index contributed by atoms with van der Waals surface area (Å²) in [4.78, 5) is 13.0. The van der Waals surface area contributed by atoms with Crippen LogP contribution in [0.2, 0.25) is 4.34 Å². The van der Waals surface area contributed by atoms with Crippen LogP contribution < -0.4 is 0 Å². The lowest BCUT2D eigenvalue weighted by atomic mass is 9.95. The third-order valence-electron chi connectivity index (χ3n) is 2.77. The average molecular weight is 245 g/mol. The van der Waals surface area contributed by atoms with Gasteiger partial charge in [-0.15, -0.1) is 11.3 Å². The van der Waals surface area contributed by atoms with Gasteiger partial charge in [0.1, 0.15) is 5.60 Å². The summed E-state index contributed by atoms with van der Waals surface area (Å²) in [6.45, 7) is 2.59. The minimum atomic E-state index is -0.559. The number of ketones is 1. The fraction of sp³-hybridized carbons (Fsp3) is 0.545. The van der Waals surface area contributed by atoms with E-state index >= 15 is 0 Å². The number of carbonyl (C=O) groups is 1. The van der Waals surface area contributed by atoms with E-state index < -0.39 is 5.60 Å². The second-order valence-electron chi connectivity index (χ2n) is 3.99. The number of rotatable bonds is 3. The number of Topliss-reactive ketones (excluding diaryl/α,β-unsaturated/α-hetero) is 1. The molecule has 0 spiro atoms. The minimum absolute atomic E-state index is 0.165. The number of halogens is 1. The topological polar surface area (TPSA) is 26.3 Å². The summed E-state index contributed by atoms with van der Waals surface area (Å²) in [7, 11) is 0. The summed E-state index contributed by atoms with van der Waals surface area (Å²) in [5.41, 5.74) is -0.559. The van der Waals surface area contributed by atoms with Gasteiger partial charge in [-0.25, -0.2) is 0 Å². The number of hydrogen-bond donors (Lipinski definition) is 0. The van der Waals surface area contributed by atoms with Crippen LogP contribution in [0.5, 0.6) is 0 Å². The Hall–Kier alpha value is -0.380. The lowest BCUT2D eigenvalue weighted by molar-refractivity contribution is -0.136. The molecule has 1 aromatic heterocycles. The molecule has 0 aliphatic carbocycles. The molecule has 1 atom stereocenters. The molecule has 0 bridgehead atoms. The number of thiophene rings is 1. The molecule has 1 aromatic rings. The zero-order valence-corrected chi connectivity index (χ0v) is 10.2. The molecule has 1 saturated heterocycles. The fourth-order valence-electron chi connectivity index (χ4n) is 1.79. The Morgan fingerprint density at radius 1 is 1.67 bits per heavy atom. The predicted molar refractivity (Wildman–Crippen MR) is 61.6 cm³/mol. The summed E-state index contributed by atoms with van der Waals surface area (Å²) < 4.78 is 6.24. The molecule has 1 fully saturated rings. The van der Waals surface area contributed by atoms with Crippen LogP contribution in [0.3, 0.4) is 0 Å². The van der Waals surface area contributed by atoms with Gasteiger partial charge < -0.3 is 4.74 Å². The Labute approximate surface area is 98.2 Å². The van der Waals surface area contributed by atoms with Crippen molar-refractivity contribution in [1.29, 1.82) is 0 Å². The Bertz CT molecular complexity index is 366. The number of carbonyl (C=O) groups excluding carboxylic acids is 1. The molecule has 2 rings (SSSR count). The van der Waals surface area contributed by atoms with Crippen LogP contribution in [0.1, 0.15) is 24.6 Å². The van der Waals surface area contributed by atoms with Crippen LogP contribution in [0.25, 0.3) is 0 Å². The molecule has 82 valence electrons. The lowest BCUT2D eigenvalue weighted by Gasteiger charge is -2.20. The summed E-state index contributed by atoms with van der Waals surface area (Å²) >= 11 is 7.28. The van der Waals surface area contributed by atoms with Gasteiger partial charge in [-0.1, -0.05) is 11.6 Å². The molecule has 0 amide bonds. The third kappa shape index (κ3) is 2.41. The maximum Gasteiger partial charge on any atom is 0.169 e. The lowest BCUT2D eigenvalue weighted by Crippen LogP contribution is -2.35. The smallest absolute Gasteiger partial charge is 0.169 e. The Morgan fingerprint density at radius 3 is 3.00 bits per heavy atom. The summed E-state index contributed by atoms with van der Waals surface area (Å²) in [6.07, 6.45) is 2.26. The first kappa shape index (κ1) is 11.1. The maximum absolute atomic E-state index is 12.0. The highest BCUT2D eigenvalue weighted by atomic mass is 35.5. The second kappa shape index (κ2) is 4.24. The van der Waals surface area contributed by atoms with E-state index in [1.807, 2.05) is 19.1 Å². The van der Waals surface area contributed by atoms with Gasteiger partial charge in [0.15, 0.2) is 5.78 Å². The van der Waals surface area contributed by atoms with E-state index in [1.165, 1.54) is 11.3 Å². The molecule has 0 radical (unpaired) electrons. The molecule has 2 nitrogen and oxygen atoms in total. The van der Waals surface area contributed by atoms with Crippen LogP contribution in [-0.2, 0) is 16.0 Å². The van der Waals surface area contributed by atoms with Crippen LogP contribution in [-0.4, -0.2) is 18.0 Å². The van der Waals surface area contributed by atoms with Gasteiger partial charge in [0, 0.05) is 17.9 Å². The highest BCUT2D eigenvalue weighted by molar-refractivity contribution is 7.16. The molecule has 1 aliphatic rings. The van der Waals surface area contributed by atoms with Gasteiger partial charge in [0.2, 0.25) is 0 Å². The van der Waals surface area contributed by atoms with Crippen molar-refractivity contribution in [2.45, 2.75) is 31.8 Å². The zero-order valence-electron chi connectivity index (χ0n) is 8.59. The quantitative estimate of drug-likeness (QED) is 0.817. The highest BCUT2D eigenvalue weighted by Gasteiger charge is 2.37. The first-order valence-electron chi connectivity index (χ1n) is 5.02. The first-order chi connectivity index (χ1) is 7.10. The maximum atomic E-state index is 12.0. The Morgan fingerprint density at radius 2 is 2.47 bits per heavy atom. The molecule has 0 N–H and O–H groups in total. The molecule has 2 heterocycles. The number of ether oxygens (including phenoxy) is 1. The molecular weight excluding hydrogens is 232 g/mol. The third-order valence-corrected chi connectivity index (χ3v) is 4.00. The standard InChI is InChI=1S/C11H13ClO2S/c1-11(5-2-6-14-11)9(13)7-8-3-4-10(12)15-8/h3-4H,2,5-7H2,1H3. The van der Waals surface area contributed by atoms with E-state index in [2.05, 4.69) is 0 Å². The largest absolute Gasteiger partial charge is 0.367 e. The van der Waals surface area contributed by atoms with Crippen LogP contribution in [0.4, 0.5) is 0 Å². The normalized spacial score (nSPS) is 25.7. The molecule has 1 unspecified atom stereocenters. The van der Waals surface area contributed by atoms with E-state index in [1.54, 1.807) is 0 Å². The Balaban J connectivity index is 2.03. The van der Waals surface area contributed by atoms with Gasteiger partial charge in [-0.2, -0.15) is 0 Å². The predicted octanol–water partition coefficient (Wildman–Crippen LogP) is 3.08. The Kier molecular flexibility index (Phi) is 3.14. The number of hydrogen-bond acceptors (Lipinski definition) is 3. The van der Waals surface area contributed by atoms with Crippen molar-refractivity contribution in [2.24, 2.45) is 0 Å². The SMILES string of the molecule is CC1(C(=O)Cc2ccc(Cl)s2)CCCO1. The summed E-state index contributed by atoms with van der Waals surface area (Å²) in [5.74, 6) is 0.165. The summed E-state index contributed by atoms with van der Waals surface area (Å²) in [5, 5.41) is 0. The monoisotopic (exact) mass is 244 g/mol. The molecule has 0 saturated carbocycles. The minimum Gasteiger partial charge on any atom is -0.367 e. The molecular formula is C11H13ClO2S. The van der Waals surface area contributed by atoms with E-state index in [-0.39, 0.29) is 5.78 Å². The first-order valence-corrected chi connectivity index (χ1v) is 6.21. The van der Waals surface area contributed by atoms with Crippen molar-refractivity contribution >= 4 is 28.7 Å². The average Bonchev–Trinajstić information content (AvgIpc) is 2.76. The van der Waals surface area contributed by atoms with E-state index in [9.17, 15) is 4.79 Å². The van der Waals surface area contributed by atoms with E-state index in [4.69, 9.17) is 16.3 Å². The van der Waals surface area contributed by atoms with Crippen LogP contribution in [0.15, 0.2) is 12.1 Å². The van der Waals surface area contributed by atoms with Gasteiger partial charge in [0.25, 0.3) is 0 Å². The van der Waals surface area contributed by atoms with Gasteiger partial charge >= 0.3 is 0 Å². The molecule has 4 heteroatoms. The van der Waals surface area contributed by atoms with Crippen molar-refractivity contribution < 1.29 is 9.53 Å². The van der Waals surface area contributed by atoms with Crippen molar-refractivity contribution in [1.82, 2.24) is 0 Å². The highest BCUT2D eigenvalue weighted by Crippen LogP contribution is 2.29. The van der Waals surface area contributed by atoms with Crippen molar-refractivity contribution in [2.75, 3.05) is 6.61 Å². The molecule has 1 aliphatic heterocycles. The van der Waals surface area contributed by atoms with Gasteiger partial charge in [-0.05, 0) is 31.9 Å². The van der Waals surface area contributed by atoms with Gasteiger partial charge in [-0.3, -0.25) is 4.79 Å². The van der Waals surface area contributed by atoms with Crippen LogP contribution in [0, 0.1) is 0 Å². The van der Waals surface area contributed by atoms with Crippen molar-refractivity contribution in [3.05, 3.63) is 21.3 Å². The van der Waals surface area contributed by atoms with Crippen molar-refractivity contribution in [3.8, 4) is 0 Å². The van der Waals surface area contributed by atoms with E-state index in [0.29, 0.717) is 13.0 Å². The van der Waals surface area contributed by atoms with Crippen LogP contribution >= 0.6 is 22.9 Å². The second-order valence-corrected chi connectivity index (χ2v) is 5.79. The van der Waals surface area contributed by atoms with Gasteiger partial charge in [0.05, 0.1) is 4.34 Å². The molecule has 0 aromatic carbocycles. The zero-order chi connectivity index (χ0) is 10.9. The van der Waals surface area contributed by atoms with Crippen molar-refractivity contribution in [3.63, 3.8) is 0 Å². The fourth-order valence-corrected chi connectivity index (χ4v) is 2.88. The van der Waals surface area contributed by atoms with E-state index in [0.717, 1.165) is 22.1 Å². The molecule has 15 heavy (non-hydrogen) atoms.